The number of Topliss-reactive ketones (excluding diaryl/α,β-unsaturated/α-hetero) is 1. The number of carbonyl (C=O) groups excluding carboxylic acids is 3. The lowest BCUT2D eigenvalue weighted by atomic mass is 9.95. The second-order valence-corrected chi connectivity index (χ2v) is 10.8. The molecule has 41 heavy (non-hydrogen) atoms. The Labute approximate surface area is 243 Å². The van der Waals surface area contributed by atoms with Gasteiger partial charge in [0.15, 0.2) is 5.13 Å². The van der Waals surface area contributed by atoms with E-state index in [0.717, 1.165) is 17.8 Å². The van der Waals surface area contributed by atoms with Crippen molar-refractivity contribution in [2.75, 3.05) is 24.7 Å². The minimum atomic E-state index is -1.02. The van der Waals surface area contributed by atoms with Crippen molar-refractivity contribution in [2.24, 2.45) is 5.92 Å². The molecule has 1 aromatic heterocycles. The predicted molar refractivity (Wildman–Crippen MR) is 157 cm³/mol. The number of nitrogens with zero attached hydrogens (tertiary/aromatic N) is 2. The first-order valence-corrected chi connectivity index (χ1v) is 14.4. The van der Waals surface area contributed by atoms with Gasteiger partial charge in [0, 0.05) is 5.56 Å². The predicted octanol–water partition coefficient (Wildman–Crippen LogP) is 6.08. The fourth-order valence-electron chi connectivity index (χ4n) is 4.43. The summed E-state index contributed by atoms with van der Waals surface area (Å²) in [7, 11) is 0. The van der Waals surface area contributed by atoms with Crippen LogP contribution in [0, 0.1) is 12.8 Å². The summed E-state index contributed by atoms with van der Waals surface area (Å²) in [5, 5.41) is 11.6. The van der Waals surface area contributed by atoms with Crippen molar-refractivity contribution in [2.45, 2.75) is 47.1 Å². The highest BCUT2D eigenvalue weighted by atomic mass is 32.1. The molecule has 1 amide bonds. The highest BCUT2D eigenvalue weighted by molar-refractivity contribution is 7.17. The number of thiazole rings is 1. The van der Waals surface area contributed by atoms with Crippen LogP contribution in [-0.2, 0) is 14.3 Å². The number of aromatic nitrogens is 1. The number of ketones is 1. The Morgan fingerprint density at radius 1 is 1.05 bits per heavy atom. The van der Waals surface area contributed by atoms with Crippen molar-refractivity contribution in [1.29, 1.82) is 0 Å². The van der Waals surface area contributed by atoms with Crippen molar-refractivity contribution >= 4 is 39.9 Å². The molecule has 1 aliphatic rings. The molecule has 2 aromatic carbocycles. The number of aliphatic hydroxyl groups is 1. The molecule has 1 N–H and O–H groups in total. The van der Waals surface area contributed by atoms with E-state index in [9.17, 15) is 19.5 Å². The molecule has 1 atom stereocenters. The molecule has 3 aromatic rings. The van der Waals surface area contributed by atoms with Gasteiger partial charge in [-0.3, -0.25) is 14.5 Å². The maximum Gasteiger partial charge on any atom is 0.350 e. The van der Waals surface area contributed by atoms with Gasteiger partial charge in [0.1, 0.15) is 22.1 Å². The van der Waals surface area contributed by atoms with Crippen molar-refractivity contribution in [3.63, 3.8) is 0 Å². The maximum atomic E-state index is 13.6. The van der Waals surface area contributed by atoms with Gasteiger partial charge in [-0.25, -0.2) is 9.78 Å². The van der Waals surface area contributed by atoms with Gasteiger partial charge in [-0.05, 0) is 75.1 Å². The van der Waals surface area contributed by atoms with Gasteiger partial charge < -0.3 is 19.3 Å². The number of ether oxygens (including phenoxy) is 3. The van der Waals surface area contributed by atoms with Crippen LogP contribution in [0.4, 0.5) is 5.13 Å². The summed E-state index contributed by atoms with van der Waals surface area (Å²) in [6, 6.07) is 12.7. The van der Waals surface area contributed by atoms with Crippen molar-refractivity contribution in [3.8, 4) is 11.5 Å². The van der Waals surface area contributed by atoms with Gasteiger partial charge >= 0.3 is 11.9 Å². The van der Waals surface area contributed by atoms with Crippen LogP contribution in [0.3, 0.4) is 0 Å². The van der Waals surface area contributed by atoms with Gasteiger partial charge in [-0.1, -0.05) is 37.3 Å². The Balaban J connectivity index is 1.84. The van der Waals surface area contributed by atoms with Crippen molar-refractivity contribution < 1.29 is 33.7 Å². The highest BCUT2D eigenvalue weighted by Gasteiger charge is 2.48. The molecule has 4 rings (SSSR count). The monoisotopic (exact) mass is 578 g/mol. The van der Waals surface area contributed by atoms with E-state index in [1.54, 1.807) is 62.4 Å². The largest absolute Gasteiger partial charge is 0.507 e. The molecule has 1 aliphatic heterocycles. The fourth-order valence-corrected chi connectivity index (χ4v) is 5.42. The van der Waals surface area contributed by atoms with Crippen LogP contribution in [0.15, 0.2) is 54.1 Å². The minimum Gasteiger partial charge on any atom is -0.507 e. The van der Waals surface area contributed by atoms with Gasteiger partial charge in [-0.2, -0.15) is 0 Å². The van der Waals surface area contributed by atoms with E-state index < -0.39 is 23.7 Å². The summed E-state index contributed by atoms with van der Waals surface area (Å²) in [5.74, 6) is -0.980. The molecule has 0 saturated carbocycles. The zero-order chi connectivity index (χ0) is 29.7. The van der Waals surface area contributed by atoms with Crippen LogP contribution in [0.5, 0.6) is 11.5 Å². The van der Waals surface area contributed by atoms with Gasteiger partial charge in [0.05, 0.1) is 37.1 Å². The molecule has 0 radical (unpaired) electrons. The molecule has 1 fully saturated rings. The normalized spacial score (nSPS) is 16.3. The third-order valence-corrected chi connectivity index (χ3v) is 7.61. The SMILES string of the molecule is CCOC(=O)c1sc(N2C(=O)C(=O)C(=C(O)c3ccc(OCC)cc3)C2c2cccc(OCCC(C)C)c2)nc1C. The summed E-state index contributed by atoms with van der Waals surface area (Å²) < 4.78 is 16.6. The van der Waals surface area contributed by atoms with Crippen LogP contribution < -0.4 is 14.4 Å². The third kappa shape index (κ3) is 6.43. The number of hydrogen-bond donors (Lipinski definition) is 1. The van der Waals surface area contributed by atoms with Crippen LogP contribution >= 0.6 is 11.3 Å². The van der Waals surface area contributed by atoms with E-state index in [1.165, 1.54) is 4.90 Å². The maximum absolute atomic E-state index is 13.6. The number of hydrogen-bond acceptors (Lipinski definition) is 9. The molecular weight excluding hydrogens is 544 g/mol. The van der Waals surface area contributed by atoms with E-state index >= 15 is 0 Å². The average Bonchev–Trinajstić information content (AvgIpc) is 3.45. The molecule has 1 unspecified atom stereocenters. The lowest BCUT2D eigenvalue weighted by Crippen LogP contribution is -2.29. The number of aliphatic hydroxyl groups excluding tert-OH is 1. The fraction of sp³-hybridized carbons (Fsp3) is 0.355. The molecule has 0 aliphatic carbocycles. The Bertz CT molecular complexity index is 1460. The van der Waals surface area contributed by atoms with Crippen LogP contribution in [0.1, 0.15) is 66.7 Å². The lowest BCUT2D eigenvalue weighted by molar-refractivity contribution is -0.132. The van der Waals surface area contributed by atoms with E-state index in [1.807, 2.05) is 6.92 Å². The molecule has 10 heteroatoms. The standard InChI is InChI=1S/C31H34N2O7S/c1-6-38-22-13-11-20(12-14-22)26(34)24-25(21-9-8-10-23(17-21)40-16-15-18(3)4)33(29(36)27(24)35)31-32-19(5)28(41-31)30(37)39-7-2/h8-14,17-18,25,34H,6-7,15-16H2,1-5H3. The number of carbonyl (C=O) groups is 3. The Kier molecular flexibility index (Phi) is 9.44. The molecule has 9 nitrogen and oxygen atoms in total. The van der Waals surface area contributed by atoms with Crippen LogP contribution in [-0.4, -0.2) is 47.6 Å². The highest BCUT2D eigenvalue weighted by Crippen LogP contribution is 2.44. The van der Waals surface area contributed by atoms with Gasteiger partial charge in [-0.15, -0.1) is 0 Å². The minimum absolute atomic E-state index is 0.0935. The molecule has 216 valence electrons. The summed E-state index contributed by atoms with van der Waals surface area (Å²) in [5.41, 5.74) is 1.18. The number of anilines is 1. The van der Waals surface area contributed by atoms with E-state index in [2.05, 4.69) is 18.8 Å². The number of benzene rings is 2. The number of aryl methyl sites for hydroxylation is 1. The first-order chi connectivity index (χ1) is 19.7. The smallest absolute Gasteiger partial charge is 0.350 e. The van der Waals surface area contributed by atoms with Crippen molar-refractivity contribution in [1.82, 2.24) is 4.98 Å². The first kappa shape index (κ1) is 29.8. The number of rotatable bonds is 11. The Morgan fingerprint density at radius 3 is 2.44 bits per heavy atom. The first-order valence-electron chi connectivity index (χ1n) is 13.6. The summed E-state index contributed by atoms with van der Waals surface area (Å²) >= 11 is 0.962. The van der Waals surface area contributed by atoms with Gasteiger partial charge in [0.2, 0.25) is 0 Å². The third-order valence-electron chi connectivity index (χ3n) is 6.47. The van der Waals surface area contributed by atoms with Crippen LogP contribution in [0.25, 0.3) is 5.76 Å². The average molecular weight is 579 g/mol. The Hall–Kier alpha value is -4.18. The quantitative estimate of drug-likeness (QED) is 0.126. The van der Waals surface area contributed by atoms with Crippen molar-refractivity contribution in [3.05, 3.63) is 75.8 Å². The molecule has 1 saturated heterocycles. The molecule has 0 bridgehead atoms. The summed E-state index contributed by atoms with van der Waals surface area (Å²) in [6.07, 6.45) is 0.857. The summed E-state index contributed by atoms with van der Waals surface area (Å²) in [4.78, 5) is 45.5. The summed E-state index contributed by atoms with van der Waals surface area (Å²) in [6.45, 7) is 10.6. The molecular formula is C31H34N2O7S. The lowest BCUT2D eigenvalue weighted by Gasteiger charge is -2.23. The second-order valence-electron chi connectivity index (χ2n) is 9.86. The molecule has 0 spiro atoms. The molecule has 2 heterocycles. The van der Waals surface area contributed by atoms with Crippen LogP contribution in [0.2, 0.25) is 0 Å². The second kappa shape index (κ2) is 13.0. The van der Waals surface area contributed by atoms with Gasteiger partial charge in [0.25, 0.3) is 5.78 Å². The topological polar surface area (TPSA) is 115 Å². The zero-order valence-corrected chi connectivity index (χ0v) is 24.6. The van der Waals surface area contributed by atoms with E-state index in [0.29, 0.717) is 47.5 Å². The van der Waals surface area contributed by atoms with E-state index in [4.69, 9.17) is 14.2 Å². The zero-order valence-electron chi connectivity index (χ0n) is 23.8. The number of esters is 1. The Morgan fingerprint density at radius 2 is 1.78 bits per heavy atom. The number of amides is 1. The van der Waals surface area contributed by atoms with E-state index in [-0.39, 0.29) is 27.9 Å².